The third-order valence-electron chi connectivity index (χ3n) is 5.93. The Hall–Kier alpha value is -3.97. The molecular formula is C26H18N2O4S. The third-order valence-corrected chi connectivity index (χ3v) is 6.94. The molecule has 33 heavy (non-hydrogen) atoms. The molecule has 5 aromatic rings. The Morgan fingerprint density at radius 1 is 1.03 bits per heavy atom. The van der Waals surface area contributed by atoms with Gasteiger partial charge in [-0.2, -0.15) is 0 Å². The molecule has 0 unspecified atom stereocenters. The topological polar surface area (TPSA) is 72.6 Å². The van der Waals surface area contributed by atoms with E-state index in [1.165, 1.54) is 11.3 Å². The van der Waals surface area contributed by atoms with Crippen LogP contribution in [-0.2, 0) is 0 Å². The normalized spacial score (nSPS) is 15.4. The minimum atomic E-state index is -0.676. The fraction of sp³-hybridized carbons (Fsp3) is 0.115. The van der Waals surface area contributed by atoms with Gasteiger partial charge in [0.1, 0.15) is 11.3 Å². The minimum absolute atomic E-state index is 0.0574. The summed E-state index contributed by atoms with van der Waals surface area (Å²) in [6.45, 7) is 2.02. The predicted molar refractivity (Wildman–Crippen MR) is 128 cm³/mol. The molecule has 0 fully saturated rings. The number of anilines is 1. The molecule has 0 saturated carbocycles. The number of rotatable bonds is 3. The average Bonchev–Trinajstić information content (AvgIpc) is 3.37. The van der Waals surface area contributed by atoms with Gasteiger partial charge in [-0.05, 0) is 54.4 Å². The van der Waals surface area contributed by atoms with Gasteiger partial charge < -0.3 is 9.15 Å². The zero-order chi connectivity index (χ0) is 22.7. The van der Waals surface area contributed by atoms with Crippen LogP contribution in [0.2, 0.25) is 0 Å². The molecule has 3 heterocycles. The van der Waals surface area contributed by atoms with E-state index in [0.717, 1.165) is 21.3 Å². The van der Waals surface area contributed by atoms with Crippen molar-refractivity contribution in [1.29, 1.82) is 0 Å². The molecule has 0 saturated heterocycles. The average molecular weight is 455 g/mol. The van der Waals surface area contributed by atoms with Gasteiger partial charge in [-0.3, -0.25) is 14.5 Å². The van der Waals surface area contributed by atoms with Crippen molar-refractivity contribution < 1.29 is 13.9 Å². The maximum Gasteiger partial charge on any atom is 0.297 e. The number of thiazole rings is 1. The smallest absolute Gasteiger partial charge is 0.297 e. The molecule has 0 spiro atoms. The van der Waals surface area contributed by atoms with E-state index in [4.69, 9.17) is 14.1 Å². The van der Waals surface area contributed by atoms with E-state index in [-0.39, 0.29) is 17.1 Å². The Morgan fingerprint density at radius 3 is 2.73 bits per heavy atom. The number of fused-ring (bicyclic) bond motifs is 3. The van der Waals surface area contributed by atoms with Crippen molar-refractivity contribution in [2.75, 3.05) is 12.0 Å². The van der Waals surface area contributed by atoms with Crippen molar-refractivity contribution in [3.8, 4) is 5.75 Å². The first-order valence-corrected chi connectivity index (χ1v) is 11.3. The summed E-state index contributed by atoms with van der Waals surface area (Å²) in [5, 5.41) is 0.960. The number of hydrogen-bond donors (Lipinski definition) is 0. The monoisotopic (exact) mass is 454 g/mol. The van der Waals surface area contributed by atoms with Gasteiger partial charge in [0.15, 0.2) is 10.6 Å². The highest BCUT2D eigenvalue weighted by atomic mass is 32.1. The van der Waals surface area contributed by atoms with Crippen molar-refractivity contribution >= 4 is 43.6 Å². The summed E-state index contributed by atoms with van der Waals surface area (Å²) in [5.41, 5.74) is 3.16. The van der Waals surface area contributed by atoms with Crippen LogP contribution in [0, 0.1) is 6.92 Å². The Morgan fingerprint density at radius 2 is 1.88 bits per heavy atom. The molecule has 0 N–H and O–H groups in total. The molecular weight excluding hydrogens is 436 g/mol. The van der Waals surface area contributed by atoms with E-state index >= 15 is 0 Å². The summed E-state index contributed by atoms with van der Waals surface area (Å²) in [5.74, 6) is 0.317. The van der Waals surface area contributed by atoms with Crippen LogP contribution in [0.4, 0.5) is 5.13 Å². The molecule has 2 aromatic heterocycles. The first-order chi connectivity index (χ1) is 16.0. The highest BCUT2D eigenvalue weighted by Gasteiger charge is 2.45. The number of nitrogens with zero attached hydrogens (tertiary/aromatic N) is 2. The second-order valence-corrected chi connectivity index (χ2v) is 9.00. The standard InChI is InChI=1S/C26H18N2O4S/c1-14-10-11-18-20(12-14)33-26(27-18)28-22(15-6-5-7-16(13-15)31-2)21-23(29)17-8-3-4-9-19(17)32-24(21)25(28)30/h3-13,22H,1-2H3/t22-/m1/s1. The molecule has 6 nitrogen and oxygen atoms in total. The number of methoxy groups -OCH3 is 1. The van der Waals surface area contributed by atoms with E-state index in [1.54, 1.807) is 36.3 Å². The van der Waals surface area contributed by atoms with Crippen molar-refractivity contribution in [2.45, 2.75) is 13.0 Å². The van der Waals surface area contributed by atoms with E-state index in [1.807, 2.05) is 49.4 Å². The highest BCUT2D eigenvalue weighted by molar-refractivity contribution is 7.22. The Labute approximate surface area is 192 Å². The predicted octanol–water partition coefficient (Wildman–Crippen LogP) is 5.47. The first kappa shape index (κ1) is 19.7. The maximum absolute atomic E-state index is 13.7. The Bertz CT molecular complexity index is 1640. The number of amides is 1. The number of para-hydroxylation sites is 1. The van der Waals surface area contributed by atoms with Crippen molar-refractivity contribution in [3.05, 3.63) is 99.4 Å². The number of aromatic nitrogens is 1. The van der Waals surface area contributed by atoms with Crippen LogP contribution in [0.15, 0.2) is 75.9 Å². The maximum atomic E-state index is 13.7. The largest absolute Gasteiger partial charge is 0.497 e. The molecule has 1 amide bonds. The fourth-order valence-electron chi connectivity index (χ4n) is 4.37. The van der Waals surface area contributed by atoms with Gasteiger partial charge in [0.05, 0.1) is 34.3 Å². The lowest BCUT2D eigenvalue weighted by Crippen LogP contribution is -2.29. The van der Waals surface area contributed by atoms with Gasteiger partial charge in [0.25, 0.3) is 5.91 Å². The summed E-state index contributed by atoms with van der Waals surface area (Å²) >= 11 is 1.42. The van der Waals surface area contributed by atoms with Gasteiger partial charge in [0.2, 0.25) is 5.76 Å². The summed E-state index contributed by atoms with van der Waals surface area (Å²) in [4.78, 5) is 33.6. The van der Waals surface area contributed by atoms with Crippen LogP contribution in [0.3, 0.4) is 0 Å². The van der Waals surface area contributed by atoms with Crippen LogP contribution < -0.4 is 15.1 Å². The second kappa shape index (κ2) is 7.28. The number of aryl methyl sites for hydroxylation is 1. The highest BCUT2D eigenvalue weighted by Crippen LogP contribution is 2.44. The molecule has 0 aliphatic carbocycles. The first-order valence-electron chi connectivity index (χ1n) is 10.5. The lowest BCUT2D eigenvalue weighted by molar-refractivity contribution is 0.0971. The number of carbonyl (C=O) groups excluding carboxylic acids is 1. The van der Waals surface area contributed by atoms with Crippen molar-refractivity contribution in [3.63, 3.8) is 0 Å². The van der Waals surface area contributed by atoms with Gasteiger partial charge in [-0.15, -0.1) is 0 Å². The number of ether oxygens (including phenoxy) is 1. The van der Waals surface area contributed by atoms with Gasteiger partial charge in [-0.25, -0.2) is 4.98 Å². The quantitative estimate of drug-likeness (QED) is 0.361. The summed E-state index contributed by atoms with van der Waals surface area (Å²) in [6.07, 6.45) is 0. The van der Waals surface area contributed by atoms with Crippen LogP contribution in [0.1, 0.15) is 33.3 Å². The Balaban J connectivity index is 1.64. The van der Waals surface area contributed by atoms with Gasteiger partial charge >= 0.3 is 0 Å². The zero-order valence-corrected chi connectivity index (χ0v) is 18.7. The fourth-order valence-corrected chi connectivity index (χ4v) is 5.46. The molecule has 1 atom stereocenters. The molecule has 3 aromatic carbocycles. The number of carbonyl (C=O) groups is 1. The molecule has 1 aliphatic rings. The van der Waals surface area contributed by atoms with Crippen LogP contribution in [0.25, 0.3) is 21.2 Å². The zero-order valence-electron chi connectivity index (χ0n) is 17.9. The van der Waals surface area contributed by atoms with Crippen molar-refractivity contribution in [1.82, 2.24) is 4.98 Å². The summed E-state index contributed by atoms with van der Waals surface area (Å²) in [6, 6.07) is 19.7. The van der Waals surface area contributed by atoms with E-state index in [9.17, 15) is 9.59 Å². The van der Waals surface area contributed by atoms with Crippen LogP contribution in [-0.4, -0.2) is 18.0 Å². The summed E-state index contributed by atoms with van der Waals surface area (Å²) < 4.78 is 12.4. The molecule has 6 rings (SSSR count). The van der Waals surface area contributed by atoms with E-state index in [2.05, 4.69) is 0 Å². The third kappa shape index (κ3) is 2.97. The van der Waals surface area contributed by atoms with Gasteiger partial charge in [-0.1, -0.05) is 41.7 Å². The minimum Gasteiger partial charge on any atom is -0.497 e. The second-order valence-electron chi connectivity index (χ2n) is 7.99. The van der Waals surface area contributed by atoms with Crippen LogP contribution >= 0.6 is 11.3 Å². The van der Waals surface area contributed by atoms with Crippen molar-refractivity contribution in [2.24, 2.45) is 0 Å². The lowest BCUT2D eigenvalue weighted by Gasteiger charge is -2.22. The van der Waals surface area contributed by atoms with E-state index < -0.39 is 6.04 Å². The molecule has 1 aliphatic heterocycles. The number of hydrogen-bond acceptors (Lipinski definition) is 6. The van der Waals surface area contributed by atoms with E-state index in [0.29, 0.717) is 27.4 Å². The van der Waals surface area contributed by atoms with Crippen LogP contribution in [0.5, 0.6) is 5.75 Å². The number of benzene rings is 3. The molecule has 7 heteroatoms. The molecule has 0 radical (unpaired) electrons. The van der Waals surface area contributed by atoms with Gasteiger partial charge in [0, 0.05) is 0 Å². The lowest BCUT2D eigenvalue weighted by atomic mass is 9.98. The Kier molecular flexibility index (Phi) is 4.35. The molecule has 0 bridgehead atoms. The summed E-state index contributed by atoms with van der Waals surface area (Å²) in [7, 11) is 1.59. The SMILES string of the molecule is COc1cccc([C@@H]2c3c(oc4ccccc4c3=O)C(=O)N2c2nc3ccc(C)cc3s2)c1. The molecule has 162 valence electrons.